The number of hydrogen-bond donors (Lipinski definition) is 0. The molecule has 1 aromatic carbocycles. The van der Waals surface area contributed by atoms with Gasteiger partial charge in [0.05, 0.1) is 10.4 Å². The van der Waals surface area contributed by atoms with Crippen molar-refractivity contribution < 1.29 is 22.4 Å². The van der Waals surface area contributed by atoms with Gasteiger partial charge in [-0.05, 0) is 36.8 Å². The molecule has 0 atom stereocenters. The van der Waals surface area contributed by atoms with E-state index < -0.39 is 11.7 Å². The van der Waals surface area contributed by atoms with Gasteiger partial charge in [-0.15, -0.1) is 11.3 Å². The molecule has 1 aliphatic rings. The van der Waals surface area contributed by atoms with E-state index in [1.54, 1.807) is 35.2 Å². The van der Waals surface area contributed by atoms with Crippen LogP contribution in [0.1, 0.15) is 21.7 Å². The van der Waals surface area contributed by atoms with E-state index in [2.05, 4.69) is 4.98 Å². The third-order valence-electron chi connectivity index (χ3n) is 5.14. The van der Waals surface area contributed by atoms with Crippen LogP contribution in [-0.4, -0.2) is 42.0 Å². The molecule has 1 saturated heterocycles. The summed E-state index contributed by atoms with van der Waals surface area (Å²) in [5.41, 5.74) is -0.326. The van der Waals surface area contributed by atoms with Gasteiger partial charge in [0.1, 0.15) is 11.6 Å². The first-order valence-corrected chi connectivity index (χ1v) is 10.6. The molecule has 31 heavy (non-hydrogen) atoms. The second-order valence-electron chi connectivity index (χ2n) is 7.18. The van der Waals surface area contributed by atoms with Crippen LogP contribution in [0.25, 0.3) is 10.4 Å². The minimum atomic E-state index is -4.42. The highest BCUT2D eigenvalue weighted by molar-refractivity contribution is 7.17. The van der Waals surface area contributed by atoms with Gasteiger partial charge < -0.3 is 9.80 Å². The molecule has 3 heterocycles. The van der Waals surface area contributed by atoms with Crippen molar-refractivity contribution in [3.63, 3.8) is 0 Å². The second kappa shape index (κ2) is 8.66. The predicted molar refractivity (Wildman–Crippen MR) is 112 cm³/mol. The van der Waals surface area contributed by atoms with E-state index in [1.165, 1.54) is 23.5 Å². The van der Waals surface area contributed by atoms with E-state index >= 15 is 0 Å². The Morgan fingerprint density at radius 2 is 1.77 bits per heavy atom. The SMILES string of the molecule is O=C(c1ccc(-c2ccccc2F)s1)N1CCCN(c2ccc(C(F)(F)F)cn2)CC1. The molecule has 162 valence electrons. The number of carbonyl (C=O) groups is 1. The maximum atomic E-state index is 14.0. The van der Waals surface area contributed by atoms with E-state index in [9.17, 15) is 22.4 Å². The molecule has 3 aromatic rings. The lowest BCUT2D eigenvalue weighted by atomic mass is 10.2. The first kappa shape index (κ1) is 21.3. The summed E-state index contributed by atoms with van der Waals surface area (Å²) < 4.78 is 52.3. The average Bonchev–Trinajstić information content (AvgIpc) is 3.10. The van der Waals surface area contributed by atoms with Crippen molar-refractivity contribution in [2.45, 2.75) is 12.6 Å². The Hall–Kier alpha value is -2.94. The van der Waals surface area contributed by atoms with Crippen molar-refractivity contribution >= 4 is 23.1 Å². The van der Waals surface area contributed by atoms with Crippen LogP contribution >= 0.6 is 11.3 Å². The van der Waals surface area contributed by atoms with Crippen molar-refractivity contribution in [1.82, 2.24) is 9.88 Å². The summed E-state index contributed by atoms with van der Waals surface area (Å²) in [4.78, 5) is 21.7. The molecule has 2 aromatic heterocycles. The van der Waals surface area contributed by atoms with Crippen molar-refractivity contribution in [2.75, 3.05) is 31.1 Å². The number of anilines is 1. The van der Waals surface area contributed by atoms with Gasteiger partial charge in [-0.25, -0.2) is 9.37 Å². The zero-order valence-electron chi connectivity index (χ0n) is 16.4. The van der Waals surface area contributed by atoms with Crippen LogP contribution in [0.3, 0.4) is 0 Å². The number of halogens is 4. The summed E-state index contributed by atoms with van der Waals surface area (Å²) in [6.07, 6.45) is -2.92. The van der Waals surface area contributed by atoms with Crippen LogP contribution in [0.2, 0.25) is 0 Å². The van der Waals surface area contributed by atoms with Gasteiger partial charge >= 0.3 is 6.18 Å². The number of carbonyl (C=O) groups excluding carboxylic acids is 1. The number of nitrogens with zero attached hydrogens (tertiary/aromatic N) is 3. The van der Waals surface area contributed by atoms with Crippen LogP contribution in [0.5, 0.6) is 0 Å². The van der Waals surface area contributed by atoms with E-state index in [1.807, 2.05) is 4.90 Å². The molecule has 0 radical (unpaired) electrons. The fraction of sp³-hybridized carbons (Fsp3) is 0.273. The Morgan fingerprint density at radius 1 is 0.968 bits per heavy atom. The molecule has 1 fully saturated rings. The summed E-state index contributed by atoms with van der Waals surface area (Å²) in [5, 5.41) is 0. The minimum absolute atomic E-state index is 0.130. The third kappa shape index (κ3) is 4.71. The van der Waals surface area contributed by atoms with Gasteiger partial charge in [0.25, 0.3) is 5.91 Å². The number of benzene rings is 1. The quantitative estimate of drug-likeness (QED) is 0.508. The highest BCUT2D eigenvalue weighted by Crippen LogP contribution is 2.31. The smallest absolute Gasteiger partial charge is 0.355 e. The molecule has 0 aliphatic carbocycles. The lowest BCUT2D eigenvalue weighted by molar-refractivity contribution is -0.137. The molecule has 9 heteroatoms. The lowest BCUT2D eigenvalue weighted by Gasteiger charge is -2.23. The standard InChI is InChI=1S/C22H19F4N3OS/c23-17-5-2-1-4-16(17)18-7-8-19(31-18)21(30)29-11-3-10-28(12-13-29)20-9-6-15(14-27-20)22(24,25)26/h1-2,4-9,14H,3,10-13H2. The first-order chi connectivity index (χ1) is 14.8. The average molecular weight is 449 g/mol. The van der Waals surface area contributed by atoms with E-state index in [0.717, 1.165) is 12.3 Å². The van der Waals surface area contributed by atoms with Crippen LogP contribution in [0, 0.1) is 5.82 Å². The maximum Gasteiger partial charge on any atom is 0.417 e. The molecule has 0 N–H and O–H groups in total. The van der Waals surface area contributed by atoms with Crippen molar-refractivity contribution in [2.24, 2.45) is 0 Å². The molecule has 0 unspecified atom stereocenters. The van der Waals surface area contributed by atoms with E-state index in [-0.39, 0.29) is 11.7 Å². The normalized spacial score (nSPS) is 15.1. The van der Waals surface area contributed by atoms with Crippen molar-refractivity contribution in [3.8, 4) is 10.4 Å². The second-order valence-corrected chi connectivity index (χ2v) is 8.26. The van der Waals surface area contributed by atoms with Gasteiger partial charge in [-0.2, -0.15) is 13.2 Å². The zero-order valence-corrected chi connectivity index (χ0v) is 17.2. The molecule has 0 saturated carbocycles. The number of hydrogen-bond acceptors (Lipinski definition) is 4. The summed E-state index contributed by atoms with van der Waals surface area (Å²) in [6, 6.07) is 12.3. The van der Waals surface area contributed by atoms with Crippen LogP contribution in [-0.2, 0) is 6.18 Å². The number of thiophene rings is 1. The summed E-state index contributed by atoms with van der Waals surface area (Å²) in [5.74, 6) is -0.00659. The molecular weight excluding hydrogens is 430 g/mol. The van der Waals surface area contributed by atoms with Gasteiger partial charge in [0.15, 0.2) is 0 Å². The Balaban J connectivity index is 1.43. The minimum Gasteiger partial charge on any atom is -0.355 e. The predicted octanol–water partition coefficient (Wildman–Crippen LogP) is 5.32. The fourth-order valence-electron chi connectivity index (χ4n) is 3.50. The Labute approximate surface area is 180 Å². The molecule has 4 rings (SSSR count). The molecule has 1 aliphatic heterocycles. The topological polar surface area (TPSA) is 36.4 Å². The largest absolute Gasteiger partial charge is 0.417 e. The van der Waals surface area contributed by atoms with Gasteiger partial charge in [0.2, 0.25) is 0 Å². The zero-order chi connectivity index (χ0) is 22.0. The fourth-order valence-corrected chi connectivity index (χ4v) is 4.51. The molecule has 0 bridgehead atoms. The number of pyridine rings is 1. The van der Waals surface area contributed by atoms with E-state index in [0.29, 0.717) is 53.7 Å². The molecular formula is C22H19F4N3OS. The van der Waals surface area contributed by atoms with Crippen LogP contribution in [0.15, 0.2) is 54.7 Å². The Morgan fingerprint density at radius 3 is 2.48 bits per heavy atom. The van der Waals surface area contributed by atoms with E-state index in [4.69, 9.17) is 0 Å². The number of alkyl halides is 3. The van der Waals surface area contributed by atoms with Crippen molar-refractivity contribution in [3.05, 3.63) is 71.0 Å². The molecule has 1 amide bonds. The number of aromatic nitrogens is 1. The lowest BCUT2D eigenvalue weighted by Crippen LogP contribution is -2.35. The molecule has 4 nitrogen and oxygen atoms in total. The number of rotatable bonds is 3. The monoisotopic (exact) mass is 449 g/mol. The summed E-state index contributed by atoms with van der Waals surface area (Å²) >= 11 is 1.25. The van der Waals surface area contributed by atoms with Gasteiger partial charge in [0, 0.05) is 42.8 Å². The Kier molecular flexibility index (Phi) is 5.95. The Bertz CT molecular complexity index is 1070. The van der Waals surface area contributed by atoms with Crippen molar-refractivity contribution in [1.29, 1.82) is 0 Å². The highest BCUT2D eigenvalue weighted by atomic mass is 32.1. The van der Waals surface area contributed by atoms with Gasteiger partial charge in [-0.1, -0.05) is 18.2 Å². The first-order valence-electron chi connectivity index (χ1n) is 9.75. The third-order valence-corrected chi connectivity index (χ3v) is 6.24. The van der Waals surface area contributed by atoms with Crippen LogP contribution in [0.4, 0.5) is 23.4 Å². The van der Waals surface area contributed by atoms with Gasteiger partial charge in [-0.3, -0.25) is 4.79 Å². The summed E-state index contributed by atoms with van der Waals surface area (Å²) in [7, 11) is 0. The molecule has 0 spiro atoms. The maximum absolute atomic E-state index is 14.0. The van der Waals surface area contributed by atoms with Crippen LogP contribution < -0.4 is 4.90 Å². The number of amides is 1. The summed E-state index contributed by atoms with van der Waals surface area (Å²) in [6.45, 7) is 2.01. The highest BCUT2D eigenvalue weighted by Gasteiger charge is 2.31.